The third-order valence-corrected chi connectivity index (χ3v) is 2.81. The lowest BCUT2D eigenvalue weighted by Crippen LogP contribution is -2.27. The van der Waals surface area contributed by atoms with Crippen molar-refractivity contribution in [2.24, 2.45) is 5.92 Å². The van der Waals surface area contributed by atoms with Crippen molar-refractivity contribution < 1.29 is 0 Å². The number of pyridine rings is 1. The highest BCUT2D eigenvalue weighted by Gasteiger charge is 2.26. The average molecular weight is 191 g/mol. The van der Waals surface area contributed by atoms with Crippen LogP contribution >= 0.6 is 0 Å². The monoisotopic (exact) mass is 191 g/mol. The van der Waals surface area contributed by atoms with Crippen LogP contribution in [0.2, 0.25) is 0 Å². The van der Waals surface area contributed by atoms with Crippen molar-refractivity contribution in [3.05, 3.63) is 24.5 Å². The van der Waals surface area contributed by atoms with Gasteiger partial charge in [0.05, 0.1) is 5.69 Å². The van der Waals surface area contributed by atoms with Gasteiger partial charge in [0.2, 0.25) is 0 Å². The van der Waals surface area contributed by atoms with Crippen molar-refractivity contribution in [1.82, 2.24) is 9.88 Å². The Morgan fingerprint density at radius 3 is 2.93 bits per heavy atom. The van der Waals surface area contributed by atoms with Gasteiger partial charge in [-0.3, -0.25) is 4.98 Å². The molecule has 1 saturated heterocycles. The summed E-state index contributed by atoms with van der Waals surface area (Å²) in [5.41, 5.74) is 1.12. The van der Waals surface area contributed by atoms with Crippen molar-refractivity contribution >= 4 is 5.69 Å². The fraction of sp³-hybridized carbons (Fsp3) is 0.545. The molecule has 1 fully saturated rings. The number of anilines is 1. The highest BCUT2D eigenvalue weighted by Crippen LogP contribution is 2.18. The predicted octanol–water partition coefficient (Wildman–Crippen LogP) is 1.44. The van der Waals surface area contributed by atoms with E-state index in [1.54, 1.807) is 6.20 Å². The zero-order valence-electron chi connectivity index (χ0n) is 8.77. The largest absolute Gasteiger partial charge is 0.379 e. The van der Waals surface area contributed by atoms with E-state index in [4.69, 9.17) is 0 Å². The first-order chi connectivity index (χ1) is 6.75. The fourth-order valence-electron chi connectivity index (χ4n) is 2.06. The van der Waals surface area contributed by atoms with Gasteiger partial charge in [-0.1, -0.05) is 6.92 Å². The molecule has 0 radical (unpaired) electrons. The molecule has 1 aromatic heterocycles. The normalized spacial score (nSPS) is 27.9. The second kappa shape index (κ2) is 3.96. The molecule has 0 spiro atoms. The SMILES string of the molecule is CC1CN(C)CC1Nc1cccnc1. The van der Waals surface area contributed by atoms with E-state index in [9.17, 15) is 0 Å². The third kappa shape index (κ3) is 2.04. The van der Waals surface area contributed by atoms with Gasteiger partial charge in [0.15, 0.2) is 0 Å². The Kier molecular flexibility index (Phi) is 2.68. The Balaban J connectivity index is 1.98. The van der Waals surface area contributed by atoms with Crippen molar-refractivity contribution in [2.75, 3.05) is 25.5 Å². The molecule has 1 aromatic rings. The predicted molar refractivity (Wildman–Crippen MR) is 58.3 cm³/mol. The van der Waals surface area contributed by atoms with Gasteiger partial charge in [0.25, 0.3) is 0 Å². The Morgan fingerprint density at radius 2 is 2.36 bits per heavy atom. The van der Waals surface area contributed by atoms with Crippen LogP contribution in [0.15, 0.2) is 24.5 Å². The molecule has 3 heteroatoms. The van der Waals surface area contributed by atoms with Gasteiger partial charge < -0.3 is 10.2 Å². The van der Waals surface area contributed by atoms with E-state index in [-0.39, 0.29) is 0 Å². The summed E-state index contributed by atoms with van der Waals surface area (Å²) >= 11 is 0. The number of nitrogens with one attached hydrogen (secondary N) is 1. The van der Waals surface area contributed by atoms with Crippen molar-refractivity contribution in [3.63, 3.8) is 0 Å². The molecular weight excluding hydrogens is 174 g/mol. The molecule has 0 saturated carbocycles. The molecule has 0 aliphatic carbocycles. The summed E-state index contributed by atoms with van der Waals surface area (Å²) in [7, 11) is 2.17. The summed E-state index contributed by atoms with van der Waals surface area (Å²) in [6, 6.07) is 4.59. The van der Waals surface area contributed by atoms with Crippen LogP contribution in [0.1, 0.15) is 6.92 Å². The first kappa shape index (κ1) is 9.46. The molecule has 3 nitrogen and oxygen atoms in total. The highest BCUT2D eigenvalue weighted by atomic mass is 15.2. The minimum atomic E-state index is 0.559. The van der Waals surface area contributed by atoms with Crippen LogP contribution in [0, 0.1) is 5.92 Å². The topological polar surface area (TPSA) is 28.2 Å². The summed E-state index contributed by atoms with van der Waals surface area (Å²) in [6.07, 6.45) is 3.68. The number of likely N-dealkylation sites (N-methyl/N-ethyl adjacent to an activating group) is 1. The zero-order chi connectivity index (χ0) is 9.97. The van der Waals surface area contributed by atoms with Crippen molar-refractivity contribution in [2.45, 2.75) is 13.0 Å². The summed E-state index contributed by atoms with van der Waals surface area (Å²) in [4.78, 5) is 6.45. The van der Waals surface area contributed by atoms with E-state index < -0.39 is 0 Å². The minimum absolute atomic E-state index is 0.559. The molecule has 0 aromatic carbocycles. The van der Waals surface area contributed by atoms with Crippen LogP contribution < -0.4 is 5.32 Å². The van der Waals surface area contributed by atoms with Gasteiger partial charge in [-0.15, -0.1) is 0 Å². The van der Waals surface area contributed by atoms with Gasteiger partial charge in [-0.05, 0) is 25.1 Å². The number of hydrogen-bond donors (Lipinski definition) is 1. The molecule has 1 aliphatic heterocycles. The van der Waals surface area contributed by atoms with Crippen LogP contribution in [0.3, 0.4) is 0 Å². The Morgan fingerprint density at radius 1 is 1.50 bits per heavy atom. The Bertz CT molecular complexity index is 286. The number of rotatable bonds is 2. The molecule has 1 aliphatic rings. The van der Waals surface area contributed by atoms with E-state index >= 15 is 0 Å². The maximum Gasteiger partial charge on any atom is 0.0529 e. The van der Waals surface area contributed by atoms with Gasteiger partial charge in [-0.2, -0.15) is 0 Å². The van der Waals surface area contributed by atoms with E-state index in [0.29, 0.717) is 12.0 Å². The lowest BCUT2D eigenvalue weighted by Gasteiger charge is -2.17. The van der Waals surface area contributed by atoms with E-state index in [2.05, 4.69) is 35.2 Å². The van der Waals surface area contributed by atoms with Gasteiger partial charge in [0, 0.05) is 31.5 Å². The van der Waals surface area contributed by atoms with Crippen LogP contribution in [0.25, 0.3) is 0 Å². The molecule has 76 valence electrons. The van der Waals surface area contributed by atoms with Gasteiger partial charge in [0.1, 0.15) is 0 Å². The molecule has 2 rings (SSSR count). The van der Waals surface area contributed by atoms with E-state index in [0.717, 1.165) is 12.2 Å². The second-order valence-electron chi connectivity index (χ2n) is 4.19. The maximum absolute atomic E-state index is 4.09. The average Bonchev–Trinajstić information content (AvgIpc) is 2.47. The molecule has 0 amide bonds. The summed E-state index contributed by atoms with van der Waals surface area (Å²) in [5, 5.41) is 3.52. The fourth-order valence-corrected chi connectivity index (χ4v) is 2.06. The second-order valence-corrected chi connectivity index (χ2v) is 4.19. The van der Waals surface area contributed by atoms with E-state index in [1.807, 2.05) is 12.3 Å². The van der Waals surface area contributed by atoms with Crippen LogP contribution in [0.4, 0.5) is 5.69 Å². The molecule has 1 N–H and O–H groups in total. The summed E-state index contributed by atoms with van der Waals surface area (Å²) in [5.74, 6) is 0.709. The molecule has 2 atom stereocenters. The number of hydrogen-bond acceptors (Lipinski definition) is 3. The first-order valence-corrected chi connectivity index (χ1v) is 5.11. The third-order valence-electron chi connectivity index (χ3n) is 2.81. The molecule has 2 heterocycles. The zero-order valence-corrected chi connectivity index (χ0v) is 8.77. The number of aromatic nitrogens is 1. The summed E-state index contributed by atoms with van der Waals surface area (Å²) in [6.45, 7) is 4.59. The summed E-state index contributed by atoms with van der Waals surface area (Å²) < 4.78 is 0. The van der Waals surface area contributed by atoms with Gasteiger partial charge in [-0.25, -0.2) is 0 Å². The number of nitrogens with zero attached hydrogens (tertiary/aromatic N) is 2. The molecule has 14 heavy (non-hydrogen) atoms. The standard InChI is InChI=1S/C11H17N3/c1-9-7-14(2)8-11(9)13-10-4-3-5-12-6-10/h3-6,9,11,13H,7-8H2,1-2H3. The molecular formula is C11H17N3. The number of likely N-dealkylation sites (tertiary alicyclic amines) is 1. The maximum atomic E-state index is 4.09. The lowest BCUT2D eigenvalue weighted by atomic mass is 10.1. The van der Waals surface area contributed by atoms with Crippen molar-refractivity contribution in [3.8, 4) is 0 Å². The minimum Gasteiger partial charge on any atom is -0.379 e. The van der Waals surface area contributed by atoms with Crippen LogP contribution in [-0.4, -0.2) is 36.1 Å². The van der Waals surface area contributed by atoms with Crippen LogP contribution in [0.5, 0.6) is 0 Å². The smallest absolute Gasteiger partial charge is 0.0529 e. The Labute approximate surface area is 85.1 Å². The lowest BCUT2D eigenvalue weighted by molar-refractivity contribution is 0.401. The Hall–Kier alpha value is -1.09. The molecule has 2 unspecified atom stereocenters. The van der Waals surface area contributed by atoms with E-state index in [1.165, 1.54) is 6.54 Å². The molecule has 0 bridgehead atoms. The van der Waals surface area contributed by atoms with Crippen molar-refractivity contribution in [1.29, 1.82) is 0 Å². The first-order valence-electron chi connectivity index (χ1n) is 5.11. The van der Waals surface area contributed by atoms with Gasteiger partial charge >= 0.3 is 0 Å². The van der Waals surface area contributed by atoms with Crippen LogP contribution in [-0.2, 0) is 0 Å². The quantitative estimate of drug-likeness (QED) is 0.766. The highest BCUT2D eigenvalue weighted by molar-refractivity contribution is 5.41.